The minimum absolute atomic E-state index is 0.0280. The monoisotopic (exact) mass is 385 g/mol. The molecule has 0 spiro atoms. The van der Waals surface area contributed by atoms with Crippen LogP contribution in [0.1, 0.15) is 51.5 Å². The summed E-state index contributed by atoms with van der Waals surface area (Å²) in [6.45, 7) is 8.83. The van der Waals surface area contributed by atoms with Crippen molar-refractivity contribution in [2.24, 2.45) is 5.92 Å². The van der Waals surface area contributed by atoms with Gasteiger partial charge in [0.2, 0.25) is 5.91 Å². The number of rotatable bonds is 3. The number of nitrogens with zero attached hydrogens (tertiary/aromatic N) is 3. The Labute approximate surface area is 165 Å². The molecule has 5 nitrogen and oxygen atoms in total. The zero-order valence-electron chi connectivity index (χ0n) is 16.4. The molecule has 0 saturated carbocycles. The highest BCUT2D eigenvalue weighted by atomic mass is 32.1. The Bertz CT molecular complexity index is 864. The van der Waals surface area contributed by atoms with Crippen LogP contribution in [-0.2, 0) is 4.79 Å². The number of aliphatic hydroxyl groups is 1. The van der Waals surface area contributed by atoms with Gasteiger partial charge in [-0.3, -0.25) is 4.79 Å². The zero-order valence-corrected chi connectivity index (χ0v) is 17.2. The van der Waals surface area contributed by atoms with Gasteiger partial charge >= 0.3 is 0 Å². The van der Waals surface area contributed by atoms with Gasteiger partial charge in [0.25, 0.3) is 0 Å². The molecular weight excluding hydrogens is 358 g/mol. The van der Waals surface area contributed by atoms with Crippen LogP contribution in [0.2, 0.25) is 0 Å². The topological polar surface area (TPSA) is 58.4 Å². The predicted octanol–water partition coefficient (Wildman–Crippen LogP) is 3.55. The Morgan fingerprint density at radius 1 is 1.41 bits per heavy atom. The van der Waals surface area contributed by atoms with E-state index in [0.29, 0.717) is 0 Å². The highest BCUT2D eigenvalue weighted by Gasteiger charge is 2.27. The molecule has 2 aromatic heterocycles. The van der Waals surface area contributed by atoms with Crippen molar-refractivity contribution in [3.05, 3.63) is 29.4 Å². The minimum atomic E-state index is -1.00. The van der Waals surface area contributed by atoms with Crippen molar-refractivity contribution < 1.29 is 9.90 Å². The molecule has 0 aliphatic carbocycles. The standard InChI is InChI=1S/C21H27N3O2S/c1-15(2)20(25)23-12-5-6-16(14-23)24-13-11-22-19(24)18-8-7-17(27-18)9-10-21(3,4)26/h7-8,11,13,15-16,26H,5-6,12,14H2,1-4H3. The molecule has 1 N–H and O–H groups in total. The van der Waals surface area contributed by atoms with Crippen LogP contribution in [0.3, 0.4) is 0 Å². The number of piperidine rings is 1. The molecule has 1 saturated heterocycles. The molecule has 0 bridgehead atoms. The van der Waals surface area contributed by atoms with E-state index in [-0.39, 0.29) is 17.9 Å². The molecule has 1 fully saturated rings. The van der Waals surface area contributed by atoms with Crippen molar-refractivity contribution in [1.29, 1.82) is 0 Å². The summed E-state index contributed by atoms with van der Waals surface area (Å²) in [5.74, 6) is 7.05. The van der Waals surface area contributed by atoms with E-state index in [1.807, 2.05) is 43.3 Å². The number of hydrogen-bond acceptors (Lipinski definition) is 4. The number of hydrogen-bond donors (Lipinski definition) is 1. The van der Waals surface area contributed by atoms with E-state index in [9.17, 15) is 9.90 Å². The first kappa shape index (κ1) is 19.7. The van der Waals surface area contributed by atoms with Gasteiger partial charge in [0, 0.05) is 31.4 Å². The lowest BCUT2D eigenvalue weighted by molar-refractivity contribution is -0.136. The van der Waals surface area contributed by atoms with Crippen LogP contribution in [0.5, 0.6) is 0 Å². The lowest BCUT2D eigenvalue weighted by atomic mass is 10.0. The molecule has 1 unspecified atom stereocenters. The summed E-state index contributed by atoms with van der Waals surface area (Å²) in [5.41, 5.74) is -1.00. The maximum absolute atomic E-state index is 12.4. The average molecular weight is 386 g/mol. The summed E-state index contributed by atoms with van der Waals surface area (Å²) in [7, 11) is 0. The smallest absolute Gasteiger partial charge is 0.225 e. The molecule has 3 rings (SSSR count). The largest absolute Gasteiger partial charge is 0.378 e. The number of carbonyl (C=O) groups is 1. The third kappa shape index (κ3) is 4.79. The fraction of sp³-hybridized carbons (Fsp3) is 0.524. The van der Waals surface area contributed by atoms with E-state index < -0.39 is 5.60 Å². The Kier molecular flexibility index (Phi) is 5.73. The summed E-state index contributed by atoms with van der Waals surface area (Å²) < 4.78 is 2.19. The molecule has 3 heterocycles. The summed E-state index contributed by atoms with van der Waals surface area (Å²) in [6, 6.07) is 4.23. The second-order valence-corrected chi connectivity index (χ2v) is 8.95. The third-order valence-corrected chi connectivity index (χ3v) is 5.58. The normalized spacial score (nSPS) is 17.7. The molecule has 1 aliphatic rings. The van der Waals surface area contributed by atoms with Gasteiger partial charge in [-0.15, -0.1) is 11.3 Å². The number of imidazole rings is 1. The molecule has 2 aromatic rings. The minimum Gasteiger partial charge on any atom is -0.378 e. The van der Waals surface area contributed by atoms with E-state index in [4.69, 9.17) is 0 Å². The first-order valence-electron chi connectivity index (χ1n) is 9.42. The molecule has 1 atom stereocenters. The molecule has 0 aromatic carbocycles. The van der Waals surface area contributed by atoms with Gasteiger partial charge in [0.15, 0.2) is 0 Å². The molecule has 1 amide bonds. The number of carbonyl (C=O) groups excluding carboxylic acids is 1. The fourth-order valence-electron chi connectivity index (χ4n) is 3.29. The average Bonchev–Trinajstić information content (AvgIpc) is 3.27. The molecule has 0 radical (unpaired) electrons. The summed E-state index contributed by atoms with van der Waals surface area (Å²) >= 11 is 1.57. The Morgan fingerprint density at radius 3 is 2.89 bits per heavy atom. The van der Waals surface area contributed by atoms with Crippen LogP contribution in [-0.4, -0.2) is 44.2 Å². The first-order valence-corrected chi connectivity index (χ1v) is 10.2. The van der Waals surface area contributed by atoms with E-state index in [2.05, 4.69) is 21.4 Å². The lowest BCUT2D eigenvalue weighted by Gasteiger charge is -2.35. The summed E-state index contributed by atoms with van der Waals surface area (Å²) in [6.07, 6.45) is 5.88. The van der Waals surface area contributed by atoms with Gasteiger partial charge in [-0.25, -0.2) is 4.98 Å². The highest BCUT2D eigenvalue weighted by molar-refractivity contribution is 7.15. The van der Waals surface area contributed by atoms with E-state index >= 15 is 0 Å². The molecule has 1 aliphatic heterocycles. The molecule has 27 heavy (non-hydrogen) atoms. The number of thiophene rings is 1. The number of amides is 1. The number of likely N-dealkylation sites (tertiary alicyclic amines) is 1. The van der Waals surface area contributed by atoms with E-state index in [0.717, 1.165) is 41.5 Å². The van der Waals surface area contributed by atoms with Gasteiger partial charge in [0.1, 0.15) is 11.4 Å². The zero-order chi connectivity index (χ0) is 19.6. The van der Waals surface area contributed by atoms with Crippen molar-refractivity contribution in [2.45, 2.75) is 52.2 Å². The molecular formula is C21H27N3O2S. The van der Waals surface area contributed by atoms with Crippen molar-refractivity contribution in [3.63, 3.8) is 0 Å². The first-order chi connectivity index (χ1) is 12.7. The van der Waals surface area contributed by atoms with E-state index in [1.165, 1.54) is 0 Å². The van der Waals surface area contributed by atoms with Gasteiger partial charge in [0.05, 0.1) is 15.8 Å². The SMILES string of the molecule is CC(C)C(=O)N1CCCC(n2ccnc2-c2ccc(C#CC(C)(C)O)s2)C1. The maximum atomic E-state index is 12.4. The van der Waals surface area contributed by atoms with Crippen molar-refractivity contribution in [1.82, 2.24) is 14.5 Å². The Balaban J connectivity index is 1.81. The van der Waals surface area contributed by atoms with Gasteiger partial charge in [-0.1, -0.05) is 25.7 Å². The highest BCUT2D eigenvalue weighted by Crippen LogP contribution is 2.31. The van der Waals surface area contributed by atoms with Gasteiger partial charge < -0.3 is 14.6 Å². The van der Waals surface area contributed by atoms with Crippen molar-refractivity contribution in [3.8, 4) is 22.5 Å². The quantitative estimate of drug-likeness (QED) is 0.822. The molecule has 6 heteroatoms. The predicted molar refractivity (Wildman–Crippen MR) is 108 cm³/mol. The Hall–Kier alpha value is -2.10. The van der Waals surface area contributed by atoms with Gasteiger partial charge in [-0.2, -0.15) is 0 Å². The lowest BCUT2D eigenvalue weighted by Crippen LogP contribution is -2.42. The van der Waals surface area contributed by atoms with E-state index in [1.54, 1.807) is 25.2 Å². The second kappa shape index (κ2) is 7.87. The molecule has 144 valence electrons. The fourth-order valence-corrected chi connectivity index (χ4v) is 4.15. The van der Waals surface area contributed by atoms with Crippen LogP contribution in [0.4, 0.5) is 0 Å². The van der Waals surface area contributed by atoms with Crippen LogP contribution < -0.4 is 0 Å². The number of aromatic nitrogens is 2. The van der Waals surface area contributed by atoms with Crippen molar-refractivity contribution >= 4 is 17.2 Å². The summed E-state index contributed by atoms with van der Waals surface area (Å²) in [4.78, 5) is 20.9. The second-order valence-electron chi connectivity index (χ2n) is 7.87. The van der Waals surface area contributed by atoms with Gasteiger partial charge in [-0.05, 0) is 38.8 Å². The third-order valence-electron chi connectivity index (χ3n) is 4.58. The maximum Gasteiger partial charge on any atom is 0.225 e. The van der Waals surface area contributed by atoms with Crippen LogP contribution in [0.15, 0.2) is 24.5 Å². The van der Waals surface area contributed by atoms with Crippen LogP contribution in [0.25, 0.3) is 10.7 Å². The Morgan fingerprint density at radius 2 is 2.19 bits per heavy atom. The van der Waals surface area contributed by atoms with Crippen molar-refractivity contribution in [2.75, 3.05) is 13.1 Å². The van der Waals surface area contributed by atoms with Crippen LogP contribution in [0, 0.1) is 17.8 Å². The van der Waals surface area contributed by atoms with Crippen LogP contribution >= 0.6 is 11.3 Å². The summed E-state index contributed by atoms with van der Waals surface area (Å²) in [5, 5.41) is 9.78.